The van der Waals surface area contributed by atoms with Crippen molar-refractivity contribution in [1.82, 2.24) is 10.3 Å². The first-order valence-corrected chi connectivity index (χ1v) is 7.46. The van der Waals surface area contributed by atoms with Gasteiger partial charge in [-0.05, 0) is 37.1 Å². The summed E-state index contributed by atoms with van der Waals surface area (Å²) >= 11 is 0. The quantitative estimate of drug-likeness (QED) is 0.808. The molecule has 2 heterocycles. The summed E-state index contributed by atoms with van der Waals surface area (Å²) in [7, 11) is 0. The molecule has 1 aliphatic heterocycles. The van der Waals surface area contributed by atoms with E-state index in [9.17, 15) is 4.79 Å². The molecule has 2 aromatic rings. The van der Waals surface area contributed by atoms with Gasteiger partial charge in [0.05, 0.1) is 11.9 Å². The molecule has 0 bridgehead atoms. The summed E-state index contributed by atoms with van der Waals surface area (Å²) in [6.45, 7) is 0.250. The van der Waals surface area contributed by atoms with Gasteiger partial charge in [-0.15, -0.1) is 0 Å². The second-order valence-corrected chi connectivity index (χ2v) is 5.50. The molecule has 118 valence electrons. The van der Waals surface area contributed by atoms with Crippen LogP contribution >= 0.6 is 0 Å². The number of nitrogens with one attached hydrogen (secondary N) is 3. The lowest BCUT2D eigenvalue weighted by molar-refractivity contribution is 0.174. The van der Waals surface area contributed by atoms with E-state index < -0.39 is 0 Å². The molecule has 1 fully saturated rings. The molecule has 0 spiro atoms. The monoisotopic (exact) mass is 312 g/mol. The summed E-state index contributed by atoms with van der Waals surface area (Å²) in [5.74, 6) is 2.13. The normalized spacial score (nSPS) is 15.1. The molecule has 2 amide bonds. The molecule has 0 atom stereocenters. The lowest BCUT2D eigenvalue weighted by Crippen LogP contribution is -2.30. The first kappa shape index (κ1) is 13.7. The third-order valence-electron chi connectivity index (χ3n) is 3.58. The first-order valence-electron chi connectivity index (χ1n) is 7.46. The van der Waals surface area contributed by atoms with Crippen LogP contribution in [0.1, 0.15) is 12.8 Å². The molecule has 1 saturated carbocycles. The Hall–Kier alpha value is -2.96. The van der Waals surface area contributed by atoms with Gasteiger partial charge in [0.2, 0.25) is 6.79 Å². The molecule has 3 N–H and O–H groups in total. The number of anilines is 3. The van der Waals surface area contributed by atoms with Crippen LogP contribution in [0.4, 0.5) is 22.0 Å². The number of amides is 2. The summed E-state index contributed by atoms with van der Waals surface area (Å²) in [5, 5.41) is 8.80. The zero-order valence-corrected chi connectivity index (χ0v) is 12.3. The number of carbonyl (C=O) groups is 1. The van der Waals surface area contributed by atoms with Crippen LogP contribution in [0, 0.1) is 0 Å². The Kier molecular flexibility index (Phi) is 3.38. The van der Waals surface area contributed by atoms with E-state index in [1.807, 2.05) is 18.2 Å². The number of carbonyl (C=O) groups excluding carboxylic acids is 1. The van der Waals surface area contributed by atoms with Crippen LogP contribution in [-0.4, -0.2) is 23.8 Å². The SMILES string of the molecule is O=C(Nc1ccc(Nc2ccc3c(c2)OCO3)nc1)NC1CC1. The Bertz CT molecular complexity index is 729. The van der Waals surface area contributed by atoms with Crippen molar-refractivity contribution in [2.24, 2.45) is 0 Å². The van der Waals surface area contributed by atoms with Gasteiger partial charge in [0.25, 0.3) is 0 Å². The highest BCUT2D eigenvalue weighted by molar-refractivity contribution is 5.89. The van der Waals surface area contributed by atoms with Crippen molar-refractivity contribution in [2.45, 2.75) is 18.9 Å². The highest BCUT2D eigenvalue weighted by Crippen LogP contribution is 2.34. The number of pyridine rings is 1. The van der Waals surface area contributed by atoms with Crippen LogP contribution in [0.25, 0.3) is 0 Å². The van der Waals surface area contributed by atoms with Crippen molar-refractivity contribution in [2.75, 3.05) is 17.4 Å². The molecule has 0 radical (unpaired) electrons. The van der Waals surface area contributed by atoms with E-state index in [2.05, 4.69) is 20.9 Å². The minimum atomic E-state index is -0.189. The Morgan fingerprint density at radius 2 is 1.91 bits per heavy atom. The average Bonchev–Trinajstić information content (AvgIpc) is 3.23. The Labute approximate surface area is 133 Å². The summed E-state index contributed by atoms with van der Waals surface area (Å²) < 4.78 is 10.6. The van der Waals surface area contributed by atoms with Gasteiger partial charge < -0.3 is 25.4 Å². The third kappa shape index (κ3) is 3.28. The summed E-state index contributed by atoms with van der Waals surface area (Å²) in [6.07, 6.45) is 3.73. The summed E-state index contributed by atoms with van der Waals surface area (Å²) in [5.41, 5.74) is 1.51. The molecule has 1 aromatic heterocycles. The van der Waals surface area contributed by atoms with Gasteiger partial charge in [-0.25, -0.2) is 9.78 Å². The fourth-order valence-corrected chi connectivity index (χ4v) is 2.24. The number of nitrogens with zero attached hydrogens (tertiary/aromatic N) is 1. The average molecular weight is 312 g/mol. The maximum atomic E-state index is 11.7. The Morgan fingerprint density at radius 3 is 2.70 bits per heavy atom. The van der Waals surface area contributed by atoms with Gasteiger partial charge in [0, 0.05) is 17.8 Å². The summed E-state index contributed by atoms with van der Waals surface area (Å²) in [6, 6.07) is 9.35. The zero-order chi connectivity index (χ0) is 15.6. The minimum absolute atomic E-state index is 0.189. The van der Waals surface area contributed by atoms with E-state index >= 15 is 0 Å². The fraction of sp³-hybridized carbons (Fsp3) is 0.250. The Morgan fingerprint density at radius 1 is 1.09 bits per heavy atom. The van der Waals surface area contributed by atoms with Crippen LogP contribution in [0.3, 0.4) is 0 Å². The van der Waals surface area contributed by atoms with Gasteiger partial charge in [-0.1, -0.05) is 0 Å². The van der Waals surface area contributed by atoms with Crippen molar-refractivity contribution in [3.63, 3.8) is 0 Å². The molecule has 1 aliphatic carbocycles. The molecule has 0 saturated heterocycles. The number of hydrogen-bond donors (Lipinski definition) is 3. The van der Waals surface area contributed by atoms with E-state index in [1.54, 1.807) is 18.3 Å². The first-order chi connectivity index (χ1) is 11.3. The van der Waals surface area contributed by atoms with Crippen LogP contribution in [0.5, 0.6) is 11.5 Å². The molecule has 7 nitrogen and oxygen atoms in total. The van der Waals surface area contributed by atoms with Gasteiger partial charge in [0.1, 0.15) is 5.82 Å². The van der Waals surface area contributed by atoms with Crippen molar-refractivity contribution >= 4 is 23.2 Å². The van der Waals surface area contributed by atoms with E-state index in [0.717, 1.165) is 24.3 Å². The third-order valence-corrected chi connectivity index (χ3v) is 3.58. The van der Waals surface area contributed by atoms with E-state index in [0.29, 0.717) is 23.3 Å². The van der Waals surface area contributed by atoms with Gasteiger partial charge in [-0.2, -0.15) is 0 Å². The lowest BCUT2D eigenvalue weighted by Gasteiger charge is -2.09. The maximum absolute atomic E-state index is 11.7. The molecule has 7 heteroatoms. The molecule has 1 aromatic carbocycles. The van der Waals surface area contributed by atoms with E-state index in [1.165, 1.54) is 0 Å². The van der Waals surface area contributed by atoms with Crippen LogP contribution in [0.2, 0.25) is 0 Å². The number of rotatable bonds is 4. The molecular weight excluding hydrogens is 296 g/mol. The van der Waals surface area contributed by atoms with Gasteiger partial charge in [0.15, 0.2) is 11.5 Å². The number of urea groups is 1. The Balaban J connectivity index is 1.38. The fourth-order valence-electron chi connectivity index (χ4n) is 2.24. The number of fused-ring (bicyclic) bond motifs is 1. The molecule has 0 unspecified atom stereocenters. The number of aromatic nitrogens is 1. The maximum Gasteiger partial charge on any atom is 0.319 e. The van der Waals surface area contributed by atoms with Crippen LogP contribution < -0.4 is 25.4 Å². The van der Waals surface area contributed by atoms with Crippen LogP contribution in [-0.2, 0) is 0 Å². The lowest BCUT2D eigenvalue weighted by atomic mass is 10.2. The van der Waals surface area contributed by atoms with Crippen molar-refractivity contribution in [3.8, 4) is 11.5 Å². The largest absolute Gasteiger partial charge is 0.454 e. The number of ether oxygens (including phenoxy) is 2. The molecule has 4 rings (SSSR count). The smallest absolute Gasteiger partial charge is 0.319 e. The number of hydrogen-bond acceptors (Lipinski definition) is 5. The minimum Gasteiger partial charge on any atom is -0.454 e. The van der Waals surface area contributed by atoms with E-state index in [4.69, 9.17) is 9.47 Å². The van der Waals surface area contributed by atoms with Crippen molar-refractivity contribution in [1.29, 1.82) is 0 Å². The predicted molar refractivity (Wildman–Crippen MR) is 85.3 cm³/mol. The molecule has 2 aliphatic rings. The second-order valence-electron chi connectivity index (χ2n) is 5.50. The highest BCUT2D eigenvalue weighted by atomic mass is 16.7. The topological polar surface area (TPSA) is 84.5 Å². The summed E-state index contributed by atoms with van der Waals surface area (Å²) in [4.78, 5) is 15.9. The molecule has 23 heavy (non-hydrogen) atoms. The zero-order valence-electron chi connectivity index (χ0n) is 12.3. The predicted octanol–water partition coefficient (Wildman–Crippen LogP) is 2.84. The van der Waals surface area contributed by atoms with Gasteiger partial charge >= 0.3 is 6.03 Å². The van der Waals surface area contributed by atoms with Crippen molar-refractivity contribution in [3.05, 3.63) is 36.5 Å². The second kappa shape index (κ2) is 5.68. The highest BCUT2D eigenvalue weighted by Gasteiger charge is 2.23. The molecular formula is C16H16N4O3. The van der Waals surface area contributed by atoms with E-state index in [-0.39, 0.29) is 12.8 Å². The van der Waals surface area contributed by atoms with Crippen molar-refractivity contribution < 1.29 is 14.3 Å². The van der Waals surface area contributed by atoms with Crippen LogP contribution in [0.15, 0.2) is 36.5 Å². The van der Waals surface area contributed by atoms with Gasteiger partial charge in [-0.3, -0.25) is 0 Å². The number of benzene rings is 1. The standard InChI is InChI=1S/C16H16N4O3/c21-16(19-10-1-2-10)20-12-4-6-15(17-8-12)18-11-3-5-13-14(7-11)23-9-22-13/h3-8,10H,1-2,9H2,(H,17,18)(H2,19,20,21).